The van der Waals surface area contributed by atoms with Crippen LogP contribution in [0.25, 0.3) is 0 Å². The topological polar surface area (TPSA) is 80.1 Å². The smallest absolute Gasteiger partial charge is 0.258 e. The number of rotatable bonds is 6. The fraction of sp³-hybridized carbons (Fsp3) is 0.241. The summed E-state index contributed by atoms with van der Waals surface area (Å²) in [6.07, 6.45) is 5.93. The van der Waals surface area contributed by atoms with Gasteiger partial charge < -0.3 is 10.2 Å². The van der Waals surface area contributed by atoms with Gasteiger partial charge >= 0.3 is 0 Å². The number of carbonyl (C=O) groups excluding carboxylic acids is 2. The van der Waals surface area contributed by atoms with Gasteiger partial charge in [0, 0.05) is 35.1 Å². The second-order valence-corrected chi connectivity index (χ2v) is 10.3. The maximum atomic E-state index is 13.8. The minimum absolute atomic E-state index is 0.0769. The maximum absolute atomic E-state index is 13.8. The van der Waals surface area contributed by atoms with Crippen LogP contribution in [-0.2, 0) is 6.54 Å². The summed E-state index contributed by atoms with van der Waals surface area (Å²) in [5, 5.41) is 8.13. The van der Waals surface area contributed by atoms with Crippen LogP contribution in [0.4, 0.5) is 11.4 Å². The average molecular weight is 548 g/mol. The largest absolute Gasteiger partial charge is 0.322 e. The van der Waals surface area contributed by atoms with E-state index in [9.17, 15) is 9.59 Å². The molecule has 2 heterocycles. The zero-order valence-electron chi connectivity index (χ0n) is 20.9. The quantitative estimate of drug-likeness (QED) is 0.289. The normalized spacial score (nSPS) is 15.0. The molecule has 1 atom stereocenters. The molecule has 0 bridgehead atoms. The maximum Gasteiger partial charge on any atom is 0.258 e. The van der Waals surface area contributed by atoms with E-state index >= 15 is 0 Å². The fourth-order valence-corrected chi connectivity index (χ4v) is 5.39. The number of amides is 2. The lowest BCUT2D eigenvalue weighted by molar-refractivity contribution is 0.0985. The highest BCUT2D eigenvalue weighted by Gasteiger charge is 2.28. The van der Waals surface area contributed by atoms with Crippen molar-refractivity contribution in [1.29, 1.82) is 0 Å². The van der Waals surface area contributed by atoms with E-state index in [2.05, 4.69) is 15.4 Å². The van der Waals surface area contributed by atoms with E-state index in [1.165, 1.54) is 6.33 Å². The van der Waals surface area contributed by atoms with Crippen molar-refractivity contribution in [3.05, 3.63) is 106 Å². The summed E-state index contributed by atoms with van der Waals surface area (Å²) in [5.41, 5.74) is 4.31. The second-order valence-electron chi connectivity index (χ2n) is 9.41. The van der Waals surface area contributed by atoms with Gasteiger partial charge in [-0.15, -0.1) is 0 Å². The van der Waals surface area contributed by atoms with Crippen LogP contribution in [-0.4, -0.2) is 33.1 Å². The van der Waals surface area contributed by atoms with Gasteiger partial charge in [-0.3, -0.25) is 14.3 Å². The second kappa shape index (κ2) is 11.4. The van der Waals surface area contributed by atoms with Gasteiger partial charge in [-0.25, -0.2) is 4.98 Å². The molecule has 1 aliphatic heterocycles. The molecule has 3 aromatic carbocycles. The van der Waals surface area contributed by atoms with Crippen molar-refractivity contribution in [2.24, 2.45) is 0 Å². The van der Waals surface area contributed by atoms with Crippen molar-refractivity contribution in [3.8, 4) is 0 Å². The summed E-state index contributed by atoms with van der Waals surface area (Å²) in [6, 6.07) is 18.0. The van der Waals surface area contributed by atoms with Gasteiger partial charge in [0.1, 0.15) is 12.7 Å². The molecule has 1 unspecified atom stereocenters. The molecule has 0 saturated carbocycles. The molecule has 0 radical (unpaired) electrons. The first kappa shape index (κ1) is 25.9. The molecule has 1 aliphatic rings. The Morgan fingerprint density at radius 3 is 2.66 bits per heavy atom. The van der Waals surface area contributed by atoms with Gasteiger partial charge in [0.2, 0.25) is 0 Å². The van der Waals surface area contributed by atoms with Gasteiger partial charge in [-0.1, -0.05) is 35.3 Å². The van der Waals surface area contributed by atoms with Crippen molar-refractivity contribution in [2.75, 3.05) is 16.8 Å². The van der Waals surface area contributed by atoms with Gasteiger partial charge in [-0.2, -0.15) is 5.10 Å². The van der Waals surface area contributed by atoms with Gasteiger partial charge in [0.05, 0.1) is 10.6 Å². The molecule has 38 heavy (non-hydrogen) atoms. The highest BCUT2D eigenvalue weighted by molar-refractivity contribution is 6.34. The Balaban J connectivity index is 1.37. The molecular formula is C29H27Cl2N5O2. The van der Waals surface area contributed by atoms with E-state index in [0.29, 0.717) is 33.4 Å². The minimum atomic E-state index is -0.302. The van der Waals surface area contributed by atoms with E-state index < -0.39 is 0 Å². The SMILES string of the molecule is Cc1cc(NC(=O)c2ccccc2Cl)ccc1C(=O)N1CCCC(CCn2cncn2)c2cc(Cl)ccc21. The lowest BCUT2D eigenvalue weighted by atomic mass is 9.91. The van der Waals surface area contributed by atoms with Crippen LogP contribution in [0.15, 0.2) is 73.3 Å². The van der Waals surface area contributed by atoms with Gasteiger partial charge in [0.25, 0.3) is 11.8 Å². The van der Waals surface area contributed by atoms with Crippen molar-refractivity contribution < 1.29 is 9.59 Å². The third-order valence-corrected chi connectivity index (χ3v) is 7.47. The van der Waals surface area contributed by atoms with Crippen molar-refractivity contribution in [2.45, 2.75) is 38.6 Å². The fourth-order valence-electron chi connectivity index (χ4n) is 4.99. The van der Waals surface area contributed by atoms with Gasteiger partial charge in [0.15, 0.2) is 0 Å². The number of fused-ring (bicyclic) bond motifs is 1. The molecular weight excluding hydrogens is 521 g/mol. The van der Waals surface area contributed by atoms with Crippen molar-refractivity contribution >= 4 is 46.4 Å². The molecule has 5 rings (SSSR count). The van der Waals surface area contributed by atoms with E-state index in [-0.39, 0.29) is 17.7 Å². The molecule has 9 heteroatoms. The standard InChI is InChI=1S/C29H27Cl2N5O2/c1-19-15-22(34-28(37)24-6-2-3-7-26(24)31)9-10-23(19)29(38)36-13-4-5-20(12-14-35-18-32-17-33-35)25-16-21(30)8-11-27(25)36/h2-3,6-11,15-18,20H,4-5,12-14H2,1H3,(H,34,37). The summed E-state index contributed by atoms with van der Waals surface area (Å²) < 4.78 is 1.83. The van der Waals surface area contributed by atoms with Crippen LogP contribution in [0.2, 0.25) is 10.0 Å². The first-order valence-corrected chi connectivity index (χ1v) is 13.3. The van der Waals surface area contributed by atoms with Crippen LogP contribution < -0.4 is 10.2 Å². The highest BCUT2D eigenvalue weighted by Crippen LogP contribution is 2.39. The van der Waals surface area contributed by atoms with Crippen molar-refractivity contribution in [1.82, 2.24) is 14.8 Å². The Labute approximate surface area is 231 Å². The average Bonchev–Trinajstić information content (AvgIpc) is 3.36. The predicted octanol–water partition coefficient (Wildman–Crippen LogP) is 6.76. The lowest BCUT2D eigenvalue weighted by Gasteiger charge is -2.25. The number of hydrogen-bond donors (Lipinski definition) is 1. The number of aryl methyl sites for hydroxylation is 2. The molecule has 0 fully saturated rings. The third kappa shape index (κ3) is 5.59. The number of benzene rings is 3. The van der Waals surface area contributed by atoms with Gasteiger partial charge in [-0.05, 0) is 91.8 Å². The summed E-state index contributed by atoms with van der Waals surface area (Å²) in [4.78, 5) is 32.4. The molecule has 0 spiro atoms. The Morgan fingerprint density at radius 2 is 1.89 bits per heavy atom. The van der Waals surface area contributed by atoms with E-state index in [1.807, 2.05) is 40.8 Å². The van der Waals surface area contributed by atoms with E-state index in [1.54, 1.807) is 42.7 Å². The summed E-state index contributed by atoms with van der Waals surface area (Å²) in [7, 11) is 0. The van der Waals surface area contributed by atoms with Crippen LogP contribution in [0.5, 0.6) is 0 Å². The molecule has 7 nitrogen and oxygen atoms in total. The minimum Gasteiger partial charge on any atom is -0.322 e. The zero-order valence-corrected chi connectivity index (χ0v) is 22.4. The Bertz CT molecular complexity index is 1470. The molecule has 194 valence electrons. The lowest BCUT2D eigenvalue weighted by Crippen LogP contribution is -2.32. The van der Waals surface area contributed by atoms with Crippen molar-refractivity contribution in [3.63, 3.8) is 0 Å². The van der Waals surface area contributed by atoms with E-state index in [4.69, 9.17) is 23.2 Å². The van der Waals surface area contributed by atoms with E-state index in [0.717, 1.165) is 42.6 Å². The molecule has 0 saturated heterocycles. The number of nitrogens with one attached hydrogen (secondary N) is 1. The number of aromatic nitrogens is 3. The Morgan fingerprint density at radius 1 is 1.05 bits per heavy atom. The number of carbonyl (C=O) groups is 2. The van der Waals surface area contributed by atoms with Crippen LogP contribution in [0.3, 0.4) is 0 Å². The number of anilines is 2. The highest BCUT2D eigenvalue weighted by atomic mass is 35.5. The zero-order chi connectivity index (χ0) is 26.6. The number of halogens is 2. The predicted molar refractivity (Wildman–Crippen MR) is 150 cm³/mol. The van der Waals surface area contributed by atoms with Crippen LogP contribution in [0, 0.1) is 6.92 Å². The van der Waals surface area contributed by atoms with Crippen LogP contribution >= 0.6 is 23.2 Å². The monoisotopic (exact) mass is 547 g/mol. The summed E-state index contributed by atoms with van der Waals surface area (Å²) >= 11 is 12.6. The molecule has 1 aromatic heterocycles. The third-order valence-electron chi connectivity index (χ3n) is 6.91. The van der Waals surface area contributed by atoms with Crippen LogP contribution in [0.1, 0.15) is 57.0 Å². The Hall–Kier alpha value is -3.68. The summed E-state index contributed by atoms with van der Waals surface area (Å²) in [5.74, 6) is -0.134. The first-order valence-electron chi connectivity index (χ1n) is 12.5. The first-order chi connectivity index (χ1) is 18.4. The molecule has 2 amide bonds. The number of nitrogens with zero attached hydrogens (tertiary/aromatic N) is 4. The molecule has 1 N–H and O–H groups in total. The molecule has 4 aromatic rings. The number of hydrogen-bond acceptors (Lipinski definition) is 4. The molecule has 0 aliphatic carbocycles. The summed E-state index contributed by atoms with van der Waals surface area (Å²) in [6.45, 7) is 3.22. The Kier molecular flexibility index (Phi) is 7.77.